The molecule has 0 aromatic carbocycles. The van der Waals surface area contributed by atoms with Crippen LogP contribution in [0.4, 0.5) is 0 Å². The molecule has 1 aromatic heterocycles. The molecule has 0 saturated heterocycles. The molecular formula is C8H10ClNO3. The molecule has 1 aliphatic carbocycles. The lowest BCUT2D eigenvalue weighted by Gasteiger charge is -2.01. The molecule has 0 unspecified atom stereocenters. The van der Waals surface area contributed by atoms with Crippen LogP contribution < -0.4 is 5.73 Å². The van der Waals surface area contributed by atoms with Crippen molar-refractivity contribution in [2.24, 2.45) is 5.73 Å². The summed E-state index contributed by atoms with van der Waals surface area (Å²) in [6.45, 7) is 0. The molecule has 1 saturated carbocycles. The van der Waals surface area contributed by atoms with Crippen LogP contribution in [-0.4, -0.2) is 11.1 Å². The average Bonchev–Trinajstić information content (AvgIpc) is 2.61. The van der Waals surface area contributed by atoms with E-state index >= 15 is 0 Å². The average molecular weight is 204 g/mol. The van der Waals surface area contributed by atoms with Gasteiger partial charge < -0.3 is 15.3 Å². The predicted molar refractivity (Wildman–Crippen MR) is 48.0 cm³/mol. The number of furan rings is 1. The molecule has 5 heteroatoms. The molecule has 0 bridgehead atoms. The van der Waals surface area contributed by atoms with Crippen molar-refractivity contribution < 1.29 is 14.3 Å². The Morgan fingerprint density at radius 3 is 2.54 bits per heavy atom. The van der Waals surface area contributed by atoms with Crippen LogP contribution in [0.15, 0.2) is 16.5 Å². The Morgan fingerprint density at radius 2 is 2.15 bits per heavy atom. The number of carboxylic acid groups (broad SMARTS) is 1. The standard InChI is InChI=1S/C8H9NO3.ClH/c9-8(3-4-8)6-2-1-5(12-6)7(10)11;/h1-2H,3-4,9H2,(H,10,11);1H. The van der Waals surface area contributed by atoms with Gasteiger partial charge in [0.15, 0.2) is 0 Å². The summed E-state index contributed by atoms with van der Waals surface area (Å²) >= 11 is 0. The molecule has 2 rings (SSSR count). The fraction of sp³-hybridized carbons (Fsp3) is 0.375. The molecule has 1 fully saturated rings. The number of carbonyl (C=O) groups is 1. The van der Waals surface area contributed by atoms with Crippen LogP contribution in [0.3, 0.4) is 0 Å². The Labute approximate surface area is 81.1 Å². The molecule has 13 heavy (non-hydrogen) atoms. The maximum Gasteiger partial charge on any atom is 0.371 e. The summed E-state index contributed by atoms with van der Waals surface area (Å²) in [5.74, 6) is -0.507. The van der Waals surface area contributed by atoms with Gasteiger partial charge in [-0.05, 0) is 25.0 Å². The zero-order valence-electron chi connectivity index (χ0n) is 6.82. The van der Waals surface area contributed by atoms with Gasteiger partial charge in [0.1, 0.15) is 5.76 Å². The third-order valence-corrected chi connectivity index (χ3v) is 2.10. The van der Waals surface area contributed by atoms with Gasteiger partial charge in [0.2, 0.25) is 5.76 Å². The van der Waals surface area contributed by atoms with E-state index in [1.54, 1.807) is 6.07 Å². The fourth-order valence-corrected chi connectivity index (χ4v) is 1.10. The SMILES string of the molecule is Cl.NC1(c2ccc(C(=O)O)o2)CC1. The van der Waals surface area contributed by atoms with Crippen LogP contribution in [0, 0.1) is 0 Å². The van der Waals surface area contributed by atoms with Crippen molar-refractivity contribution >= 4 is 18.4 Å². The minimum atomic E-state index is -1.05. The quantitative estimate of drug-likeness (QED) is 0.761. The van der Waals surface area contributed by atoms with E-state index in [-0.39, 0.29) is 23.7 Å². The van der Waals surface area contributed by atoms with Gasteiger partial charge in [-0.1, -0.05) is 0 Å². The molecule has 3 N–H and O–H groups in total. The first-order valence-electron chi connectivity index (χ1n) is 3.74. The Bertz CT molecular complexity index is 330. The van der Waals surface area contributed by atoms with E-state index in [2.05, 4.69) is 0 Å². The predicted octanol–water partition coefficient (Wildman–Crippen LogP) is 1.35. The number of rotatable bonds is 2. The van der Waals surface area contributed by atoms with E-state index in [0.29, 0.717) is 5.76 Å². The lowest BCUT2D eigenvalue weighted by Crippen LogP contribution is -2.17. The minimum absolute atomic E-state index is 0. The van der Waals surface area contributed by atoms with Crippen molar-refractivity contribution in [1.29, 1.82) is 0 Å². The second-order valence-corrected chi connectivity index (χ2v) is 3.13. The molecule has 0 spiro atoms. The highest BCUT2D eigenvalue weighted by Crippen LogP contribution is 2.43. The molecule has 1 aromatic rings. The van der Waals surface area contributed by atoms with E-state index in [1.807, 2.05) is 0 Å². The van der Waals surface area contributed by atoms with Crippen LogP contribution in [0.5, 0.6) is 0 Å². The molecule has 0 amide bonds. The van der Waals surface area contributed by atoms with Gasteiger partial charge in [-0.25, -0.2) is 4.79 Å². The van der Waals surface area contributed by atoms with Gasteiger partial charge in [-0.3, -0.25) is 0 Å². The Kier molecular flexibility index (Phi) is 2.36. The summed E-state index contributed by atoms with van der Waals surface area (Å²) in [7, 11) is 0. The molecule has 1 aliphatic rings. The summed E-state index contributed by atoms with van der Waals surface area (Å²) < 4.78 is 5.05. The van der Waals surface area contributed by atoms with Crippen molar-refractivity contribution in [1.82, 2.24) is 0 Å². The number of carboxylic acids is 1. The largest absolute Gasteiger partial charge is 0.475 e. The second-order valence-electron chi connectivity index (χ2n) is 3.13. The van der Waals surface area contributed by atoms with E-state index in [0.717, 1.165) is 12.8 Å². The van der Waals surface area contributed by atoms with Crippen LogP contribution >= 0.6 is 12.4 Å². The summed E-state index contributed by atoms with van der Waals surface area (Å²) in [5, 5.41) is 8.55. The molecule has 4 nitrogen and oxygen atoms in total. The van der Waals surface area contributed by atoms with Crippen molar-refractivity contribution in [3.8, 4) is 0 Å². The number of nitrogens with two attached hydrogens (primary N) is 1. The first-order valence-corrected chi connectivity index (χ1v) is 3.74. The summed E-state index contributed by atoms with van der Waals surface area (Å²) in [5.41, 5.74) is 5.41. The van der Waals surface area contributed by atoms with Gasteiger partial charge in [-0.15, -0.1) is 12.4 Å². The second kappa shape index (κ2) is 3.05. The van der Waals surface area contributed by atoms with Crippen LogP contribution in [0.25, 0.3) is 0 Å². The highest BCUT2D eigenvalue weighted by Gasteiger charge is 2.43. The lowest BCUT2D eigenvalue weighted by atomic mass is 10.2. The van der Waals surface area contributed by atoms with Gasteiger partial charge in [0.25, 0.3) is 0 Å². The maximum absolute atomic E-state index is 10.4. The Balaban J connectivity index is 0.000000845. The monoisotopic (exact) mass is 203 g/mol. The lowest BCUT2D eigenvalue weighted by molar-refractivity contribution is 0.0659. The van der Waals surface area contributed by atoms with Crippen molar-refractivity contribution in [3.63, 3.8) is 0 Å². The number of aromatic carboxylic acids is 1. The Hall–Kier alpha value is -1.00. The first kappa shape index (κ1) is 10.1. The molecule has 1 heterocycles. The first-order chi connectivity index (χ1) is 5.62. The summed E-state index contributed by atoms with van der Waals surface area (Å²) in [6.07, 6.45) is 1.75. The van der Waals surface area contributed by atoms with Gasteiger partial charge in [0, 0.05) is 0 Å². The summed E-state index contributed by atoms with van der Waals surface area (Å²) in [4.78, 5) is 10.4. The van der Waals surface area contributed by atoms with Crippen molar-refractivity contribution in [2.75, 3.05) is 0 Å². The molecule has 0 radical (unpaired) electrons. The number of hydrogen-bond donors (Lipinski definition) is 2. The number of halogens is 1. The fourth-order valence-electron chi connectivity index (χ4n) is 1.10. The minimum Gasteiger partial charge on any atom is -0.475 e. The maximum atomic E-state index is 10.4. The molecule has 0 aliphatic heterocycles. The van der Waals surface area contributed by atoms with Gasteiger partial charge in [0.05, 0.1) is 5.54 Å². The highest BCUT2D eigenvalue weighted by molar-refractivity contribution is 5.85. The third kappa shape index (κ3) is 1.68. The van der Waals surface area contributed by atoms with Crippen molar-refractivity contribution in [2.45, 2.75) is 18.4 Å². The normalized spacial score (nSPS) is 17.6. The van der Waals surface area contributed by atoms with Crippen LogP contribution in [0.1, 0.15) is 29.2 Å². The van der Waals surface area contributed by atoms with Crippen LogP contribution in [0.2, 0.25) is 0 Å². The van der Waals surface area contributed by atoms with Crippen LogP contribution in [-0.2, 0) is 5.54 Å². The smallest absolute Gasteiger partial charge is 0.371 e. The zero-order valence-corrected chi connectivity index (χ0v) is 7.63. The van der Waals surface area contributed by atoms with E-state index in [4.69, 9.17) is 15.3 Å². The third-order valence-electron chi connectivity index (χ3n) is 2.10. The van der Waals surface area contributed by atoms with E-state index < -0.39 is 5.97 Å². The number of hydrogen-bond acceptors (Lipinski definition) is 3. The zero-order chi connectivity index (χ0) is 8.77. The molecular weight excluding hydrogens is 194 g/mol. The van der Waals surface area contributed by atoms with Gasteiger partial charge >= 0.3 is 5.97 Å². The molecule has 72 valence electrons. The van der Waals surface area contributed by atoms with Crippen molar-refractivity contribution in [3.05, 3.63) is 23.7 Å². The van der Waals surface area contributed by atoms with E-state index in [1.165, 1.54) is 6.07 Å². The summed E-state index contributed by atoms with van der Waals surface area (Å²) in [6, 6.07) is 3.07. The topological polar surface area (TPSA) is 76.5 Å². The van der Waals surface area contributed by atoms with Gasteiger partial charge in [-0.2, -0.15) is 0 Å². The Morgan fingerprint density at radius 1 is 1.54 bits per heavy atom. The highest BCUT2D eigenvalue weighted by atomic mass is 35.5. The van der Waals surface area contributed by atoms with E-state index in [9.17, 15) is 4.79 Å². The molecule has 0 atom stereocenters.